The molecule has 0 spiro atoms. The van der Waals surface area contributed by atoms with Gasteiger partial charge in [-0.1, -0.05) is 53.3 Å². The monoisotopic (exact) mass is 443 g/mol. The lowest BCUT2D eigenvalue weighted by Gasteiger charge is -2.07. The van der Waals surface area contributed by atoms with Gasteiger partial charge in [-0.15, -0.1) is 10.2 Å². The van der Waals surface area contributed by atoms with Crippen LogP contribution in [0.4, 0.5) is 0 Å². The molecular formula is C23H14ClN5OS. The topological polar surface area (TPSA) is 73.6 Å². The van der Waals surface area contributed by atoms with E-state index < -0.39 is 0 Å². The van der Waals surface area contributed by atoms with Gasteiger partial charge in [-0.3, -0.25) is 9.78 Å². The third kappa shape index (κ3) is 3.88. The van der Waals surface area contributed by atoms with E-state index in [1.165, 1.54) is 15.9 Å². The molecule has 0 aliphatic rings. The second kappa shape index (κ2) is 8.22. The molecule has 0 radical (unpaired) electrons. The van der Waals surface area contributed by atoms with Gasteiger partial charge < -0.3 is 0 Å². The van der Waals surface area contributed by atoms with Crippen LogP contribution in [0.25, 0.3) is 38.8 Å². The number of fused-ring (bicyclic) bond motifs is 1. The average molecular weight is 444 g/mol. The second-order valence-corrected chi connectivity index (χ2v) is 8.03. The summed E-state index contributed by atoms with van der Waals surface area (Å²) in [6.45, 7) is 0. The van der Waals surface area contributed by atoms with Crippen LogP contribution < -0.4 is 5.56 Å². The molecule has 0 aliphatic heterocycles. The standard InChI is InChI=1S/C23H14ClN5OS/c24-17-5-3-4-16(14-17)21-27-28-23(31-21)29-20(9-8-15-10-12-25-13-11-15)26-19-7-2-1-6-18(19)22(29)30/h1-14H/b9-8+. The summed E-state index contributed by atoms with van der Waals surface area (Å²) >= 11 is 7.42. The Morgan fingerprint density at radius 1 is 0.935 bits per heavy atom. The van der Waals surface area contributed by atoms with Crippen molar-refractivity contribution in [3.63, 3.8) is 0 Å². The van der Waals surface area contributed by atoms with Gasteiger partial charge in [0.25, 0.3) is 5.56 Å². The van der Waals surface area contributed by atoms with Crippen molar-refractivity contribution in [2.75, 3.05) is 0 Å². The minimum atomic E-state index is -0.200. The molecule has 0 bridgehead atoms. The molecule has 0 fully saturated rings. The van der Waals surface area contributed by atoms with Gasteiger partial charge in [-0.05, 0) is 48.0 Å². The molecule has 0 saturated carbocycles. The second-order valence-electron chi connectivity index (χ2n) is 6.64. The third-order valence-electron chi connectivity index (χ3n) is 4.61. The Labute approximate surface area is 186 Å². The maximum atomic E-state index is 13.4. The predicted octanol–water partition coefficient (Wildman–Crippen LogP) is 5.12. The van der Waals surface area contributed by atoms with Crippen molar-refractivity contribution in [3.05, 3.63) is 99.8 Å². The molecule has 3 aromatic heterocycles. The lowest BCUT2D eigenvalue weighted by molar-refractivity contribution is 0.899. The van der Waals surface area contributed by atoms with Gasteiger partial charge in [-0.25, -0.2) is 9.55 Å². The summed E-state index contributed by atoms with van der Waals surface area (Å²) in [5.41, 5.74) is 2.21. The van der Waals surface area contributed by atoms with Gasteiger partial charge in [0.1, 0.15) is 10.8 Å². The Kier molecular flexibility index (Phi) is 5.11. The molecule has 150 valence electrons. The van der Waals surface area contributed by atoms with E-state index in [4.69, 9.17) is 16.6 Å². The van der Waals surface area contributed by atoms with Crippen LogP contribution in [0.1, 0.15) is 11.4 Å². The smallest absolute Gasteiger partial charge is 0.268 e. The Morgan fingerprint density at radius 2 is 1.77 bits per heavy atom. The summed E-state index contributed by atoms with van der Waals surface area (Å²) < 4.78 is 1.49. The quantitative estimate of drug-likeness (QED) is 0.385. The molecule has 31 heavy (non-hydrogen) atoms. The van der Waals surface area contributed by atoms with Gasteiger partial charge in [-0.2, -0.15) is 0 Å². The Hall–Kier alpha value is -3.68. The molecule has 6 nitrogen and oxygen atoms in total. The summed E-state index contributed by atoms with van der Waals surface area (Å²) in [5.74, 6) is 0.467. The molecule has 5 rings (SSSR count). The highest BCUT2D eigenvalue weighted by Crippen LogP contribution is 2.28. The highest BCUT2D eigenvalue weighted by Gasteiger charge is 2.16. The zero-order valence-electron chi connectivity index (χ0n) is 16.0. The van der Waals surface area contributed by atoms with E-state index in [1.54, 1.807) is 30.6 Å². The van der Waals surface area contributed by atoms with Gasteiger partial charge in [0.15, 0.2) is 0 Å². The summed E-state index contributed by atoms with van der Waals surface area (Å²) in [7, 11) is 0. The number of benzene rings is 2. The maximum Gasteiger partial charge on any atom is 0.268 e. The van der Waals surface area contributed by atoms with Crippen molar-refractivity contribution >= 4 is 46.0 Å². The highest BCUT2D eigenvalue weighted by molar-refractivity contribution is 7.17. The zero-order chi connectivity index (χ0) is 21.2. The lowest BCUT2D eigenvalue weighted by Crippen LogP contribution is -2.22. The summed E-state index contributed by atoms with van der Waals surface area (Å²) in [6.07, 6.45) is 7.10. The largest absolute Gasteiger partial charge is 0.268 e. The van der Waals surface area contributed by atoms with Crippen LogP contribution in [0.3, 0.4) is 0 Å². The third-order valence-corrected chi connectivity index (χ3v) is 5.80. The van der Waals surface area contributed by atoms with E-state index in [1.807, 2.05) is 54.6 Å². The fourth-order valence-electron chi connectivity index (χ4n) is 3.14. The molecule has 8 heteroatoms. The molecule has 0 saturated heterocycles. The maximum absolute atomic E-state index is 13.4. The zero-order valence-corrected chi connectivity index (χ0v) is 17.6. The molecule has 5 aromatic rings. The van der Waals surface area contributed by atoms with E-state index in [9.17, 15) is 4.79 Å². The number of halogens is 1. The minimum absolute atomic E-state index is 0.200. The number of aromatic nitrogens is 5. The van der Waals surface area contributed by atoms with Crippen molar-refractivity contribution < 1.29 is 0 Å². The summed E-state index contributed by atoms with van der Waals surface area (Å²) in [4.78, 5) is 22.1. The average Bonchev–Trinajstić information content (AvgIpc) is 3.28. The summed E-state index contributed by atoms with van der Waals surface area (Å²) in [6, 6.07) is 18.4. The first-order valence-electron chi connectivity index (χ1n) is 9.39. The molecule has 0 aliphatic carbocycles. The molecule has 2 aromatic carbocycles. The fraction of sp³-hybridized carbons (Fsp3) is 0. The van der Waals surface area contributed by atoms with Crippen LogP contribution in [0.15, 0.2) is 77.9 Å². The van der Waals surface area contributed by atoms with Crippen LogP contribution in [0, 0.1) is 0 Å². The van der Waals surface area contributed by atoms with Crippen molar-refractivity contribution in [2.45, 2.75) is 0 Å². The number of hydrogen-bond acceptors (Lipinski definition) is 6. The lowest BCUT2D eigenvalue weighted by atomic mass is 10.2. The van der Waals surface area contributed by atoms with Crippen molar-refractivity contribution in [3.8, 4) is 15.7 Å². The van der Waals surface area contributed by atoms with E-state index >= 15 is 0 Å². The summed E-state index contributed by atoms with van der Waals surface area (Å²) in [5, 5.41) is 10.8. The van der Waals surface area contributed by atoms with Gasteiger partial charge in [0, 0.05) is 23.0 Å². The molecule has 3 heterocycles. The first-order chi connectivity index (χ1) is 15.2. The van der Waals surface area contributed by atoms with E-state index in [0.717, 1.165) is 11.1 Å². The molecular weight excluding hydrogens is 430 g/mol. The Balaban J connectivity index is 1.68. The molecule has 0 amide bonds. The molecule has 0 atom stereocenters. The van der Waals surface area contributed by atoms with Crippen LogP contribution in [-0.2, 0) is 0 Å². The number of nitrogens with zero attached hydrogens (tertiary/aromatic N) is 5. The van der Waals surface area contributed by atoms with Crippen molar-refractivity contribution in [2.24, 2.45) is 0 Å². The number of hydrogen-bond donors (Lipinski definition) is 0. The van der Waals surface area contributed by atoms with E-state index in [0.29, 0.717) is 31.9 Å². The predicted molar refractivity (Wildman–Crippen MR) is 124 cm³/mol. The molecule has 0 N–H and O–H groups in total. The van der Waals surface area contributed by atoms with Crippen LogP contribution >= 0.6 is 22.9 Å². The first kappa shape index (κ1) is 19.3. The van der Waals surface area contributed by atoms with Gasteiger partial charge in [0.2, 0.25) is 5.13 Å². The Bertz CT molecular complexity index is 1480. The minimum Gasteiger partial charge on any atom is -0.268 e. The van der Waals surface area contributed by atoms with Gasteiger partial charge in [0.05, 0.1) is 10.9 Å². The number of rotatable bonds is 4. The Morgan fingerprint density at radius 3 is 2.61 bits per heavy atom. The van der Waals surface area contributed by atoms with Gasteiger partial charge >= 0.3 is 0 Å². The number of pyridine rings is 1. The SMILES string of the molecule is O=c1c2ccccc2nc(/C=C/c2ccncc2)n1-c1nnc(-c2cccc(Cl)c2)s1. The van der Waals surface area contributed by atoms with Crippen LogP contribution in [-0.4, -0.2) is 24.7 Å². The van der Waals surface area contributed by atoms with Crippen LogP contribution in [0.2, 0.25) is 5.02 Å². The fourth-order valence-corrected chi connectivity index (χ4v) is 4.17. The van der Waals surface area contributed by atoms with Crippen molar-refractivity contribution in [1.29, 1.82) is 0 Å². The molecule has 0 unspecified atom stereocenters. The van der Waals surface area contributed by atoms with Crippen LogP contribution in [0.5, 0.6) is 0 Å². The number of para-hydroxylation sites is 1. The van der Waals surface area contributed by atoms with Crippen molar-refractivity contribution in [1.82, 2.24) is 24.7 Å². The highest BCUT2D eigenvalue weighted by atomic mass is 35.5. The van der Waals surface area contributed by atoms with E-state index in [-0.39, 0.29) is 5.56 Å². The van der Waals surface area contributed by atoms with E-state index in [2.05, 4.69) is 15.2 Å². The first-order valence-corrected chi connectivity index (χ1v) is 10.6. The normalized spacial score (nSPS) is 11.4.